The summed E-state index contributed by atoms with van der Waals surface area (Å²) in [5.74, 6) is -0.399. The molecule has 4 aromatic carbocycles. The number of methoxy groups -OCH3 is 1. The Bertz CT molecular complexity index is 1730. The van der Waals surface area contributed by atoms with E-state index in [2.05, 4.69) is 5.32 Å². The lowest BCUT2D eigenvalue weighted by atomic mass is 10.0. The Morgan fingerprint density at radius 3 is 2.22 bits per heavy atom. The fourth-order valence-electron chi connectivity index (χ4n) is 5.75. The molecule has 2 amide bonds. The maximum atomic E-state index is 14.6. The van der Waals surface area contributed by atoms with E-state index in [1.165, 1.54) is 24.1 Å². The second-order valence-electron chi connectivity index (χ2n) is 11.3. The van der Waals surface area contributed by atoms with Gasteiger partial charge in [-0.15, -0.1) is 0 Å². The third-order valence-electron chi connectivity index (χ3n) is 8.22. The van der Waals surface area contributed by atoms with Gasteiger partial charge in [-0.05, 0) is 54.3 Å². The van der Waals surface area contributed by atoms with Crippen LogP contribution in [-0.2, 0) is 32.6 Å². The summed E-state index contributed by atoms with van der Waals surface area (Å²) in [6.45, 7) is -0.553. The zero-order chi connectivity index (χ0) is 32.5. The zero-order valence-electron chi connectivity index (χ0n) is 25.7. The number of halogens is 1. The Labute approximate surface area is 276 Å². The molecule has 0 spiro atoms. The molecule has 10 heteroatoms. The Morgan fingerprint density at radius 1 is 0.891 bits per heavy atom. The number of nitrogens with one attached hydrogen (secondary N) is 1. The first-order chi connectivity index (χ1) is 22.3. The fraction of sp³-hybridized carbons (Fsp3) is 0.278. The predicted molar refractivity (Wildman–Crippen MR) is 180 cm³/mol. The Balaban J connectivity index is 1.58. The van der Waals surface area contributed by atoms with Crippen molar-refractivity contribution < 1.29 is 22.7 Å². The smallest absolute Gasteiger partial charge is 0.264 e. The molecule has 0 unspecified atom stereocenters. The molecule has 0 aromatic heterocycles. The van der Waals surface area contributed by atoms with E-state index in [0.29, 0.717) is 16.3 Å². The van der Waals surface area contributed by atoms with Crippen LogP contribution in [0.1, 0.15) is 36.8 Å². The molecule has 0 saturated heterocycles. The lowest BCUT2D eigenvalue weighted by molar-refractivity contribution is -0.140. The maximum absolute atomic E-state index is 14.6. The number of nitrogens with zero attached hydrogens (tertiary/aromatic N) is 2. The summed E-state index contributed by atoms with van der Waals surface area (Å²) in [6, 6.07) is 30.2. The van der Waals surface area contributed by atoms with Crippen molar-refractivity contribution in [2.45, 2.75) is 55.6 Å². The molecule has 0 bridgehead atoms. The van der Waals surface area contributed by atoms with Crippen molar-refractivity contribution in [3.8, 4) is 5.75 Å². The summed E-state index contributed by atoms with van der Waals surface area (Å²) in [7, 11) is -2.72. The summed E-state index contributed by atoms with van der Waals surface area (Å²) < 4.78 is 34.7. The van der Waals surface area contributed by atoms with E-state index < -0.39 is 28.5 Å². The number of carbonyl (C=O) groups excluding carboxylic acids is 2. The van der Waals surface area contributed by atoms with Crippen LogP contribution in [0.3, 0.4) is 0 Å². The van der Waals surface area contributed by atoms with Gasteiger partial charge in [-0.25, -0.2) is 8.42 Å². The molecule has 1 fully saturated rings. The second-order valence-corrected chi connectivity index (χ2v) is 13.6. The van der Waals surface area contributed by atoms with Crippen molar-refractivity contribution >= 4 is 39.1 Å². The molecule has 8 nitrogen and oxygen atoms in total. The summed E-state index contributed by atoms with van der Waals surface area (Å²) >= 11 is 6.58. The highest BCUT2D eigenvalue weighted by atomic mass is 35.5. The molecule has 0 aliphatic heterocycles. The van der Waals surface area contributed by atoms with Crippen molar-refractivity contribution in [3.63, 3.8) is 0 Å². The average Bonchev–Trinajstić information content (AvgIpc) is 3.59. The van der Waals surface area contributed by atoms with Gasteiger partial charge in [0.2, 0.25) is 11.8 Å². The van der Waals surface area contributed by atoms with Crippen molar-refractivity contribution in [1.82, 2.24) is 10.2 Å². The summed E-state index contributed by atoms with van der Waals surface area (Å²) in [5, 5.41) is 3.62. The molecule has 46 heavy (non-hydrogen) atoms. The van der Waals surface area contributed by atoms with E-state index >= 15 is 0 Å². The zero-order valence-corrected chi connectivity index (χ0v) is 27.3. The quantitative estimate of drug-likeness (QED) is 0.183. The van der Waals surface area contributed by atoms with Crippen molar-refractivity contribution in [1.29, 1.82) is 0 Å². The Morgan fingerprint density at radius 2 is 1.54 bits per heavy atom. The summed E-state index contributed by atoms with van der Waals surface area (Å²) in [6.07, 6.45) is 4.05. The molecule has 4 aromatic rings. The van der Waals surface area contributed by atoms with Crippen LogP contribution in [0.5, 0.6) is 5.75 Å². The number of ether oxygens (including phenoxy) is 1. The van der Waals surface area contributed by atoms with E-state index in [9.17, 15) is 18.0 Å². The van der Waals surface area contributed by atoms with Crippen molar-refractivity contribution in [2.24, 2.45) is 0 Å². The maximum Gasteiger partial charge on any atom is 0.264 e. The van der Waals surface area contributed by atoms with Gasteiger partial charge in [0.05, 0.1) is 17.7 Å². The highest BCUT2D eigenvalue weighted by Crippen LogP contribution is 2.28. The van der Waals surface area contributed by atoms with Crippen LogP contribution in [0.2, 0.25) is 5.02 Å². The molecule has 1 saturated carbocycles. The molecular formula is C36H38ClN3O5S. The number of amides is 2. The molecule has 1 N–H and O–H groups in total. The lowest BCUT2D eigenvalue weighted by Gasteiger charge is -2.34. The SMILES string of the molecule is COc1cccc(N(CC(=O)N(Cc2ccccc2Cl)[C@H](Cc2ccccc2)C(=O)NC2CCCC2)S(=O)(=O)c2ccccc2)c1. The van der Waals surface area contributed by atoms with Crippen LogP contribution in [0.4, 0.5) is 5.69 Å². The fourth-order valence-corrected chi connectivity index (χ4v) is 7.37. The van der Waals surface area contributed by atoms with Crippen LogP contribution in [0.15, 0.2) is 114 Å². The largest absolute Gasteiger partial charge is 0.497 e. The number of rotatable bonds is 13. The molecule has 1 aliphatic rings. The van der Waals surface area contributed by atoms with Crippen LogP contribution in [0, 0.1) is 0 Å². The third kappa shape index (κ3) is 8.08. The lowest BCUT2D eigenvalue weighted by Crippen LogP contribution is -2.54. The van der Waals surface area contributed by atoms with Gasteiger partial charge in [0.1, 0.15) is 18.3 Å². The highest BCUT2D eigenvalue weighted by Gasteiger charge is 2.36. The van der Waals surface area contributed by atoms with Gasteiger partial charge in [0, 0.05) is 30.1 Å². The number of sulfonamides is 1. The first-order valence-corrected chi connectivity index (χ1v) is 17.2. The van der Waals surface area contributed by atoms with Gasteiger partial charge in [0.25, 0.3) is 10.0 Å². The van der Waals surface area contributed by atoms with Crippen LogP contribution >= 0.6 is 11.6 Å². The second kappa shape index (κ2) is 15.3. The molecule has 1 aliphatic carbocycles. The Kier molecular flexibility index (Phi) is 11.0. The summed E-state index contributed by atoms with van der Waals surface area (Å²) in [4.78, 5) is 30.2. The first-order valence-electron chi connectivity index (χ1n) is 15.4. The average molecular weight is 660 g/mol. The van der Waals surface area contributed by atoms with Crippen LogP contribution in [0.25, 0.3) is 0 Å². The molecular weight excluding hydrogens is 622 g/mol. The Hall–Kier alpha value is -4.34. The monoisotopic (exact) mass is 659 g/mol. The van der Waals surface area contributed by atoms with E-state index in [4.69, 9.17) is 16.3 Å². The van der Waals surface area contributed by atoms with E-state index in [-0.39, 0.29) is 35.5 Å². The van der Waals surface area contributed by atoms with Crippen molar-refractivity contribution in [2.75, 3.05) is 18.0 Å². The number of carbonyl (C=O) groups is 2. The molecule has 1 atom stereocenters. The van der Waals surface area contributed by atoms with Gasteiger partial charge >= 0.3 is 0 Å². The molecule has 0 radical (unpaired) electrons. The third-order valence-corrected chi connectivity index (χ3v) is 10.4. The van der Waals surface area contributed by atoms with Gasteiger partial charge in [-0.2, -0.15) is 0 Å². The van der Waals surface area contributed by atoms with Gasteiger partial charge < -0.3 is 15.0 Å². The van der Waals surface area contributed by atoms with E-state index in [1.807, 2.05) is 36.4 Å². The number of anilines is 1. The minimum absolute atomic E-state index is 0.00539. The van der Waals surface area contributed by atoms with Crippen LogP contribution in [-0.4, -0.2) is 50.9 Å². The molecule has 240 valence electrons. The van der Waals surface area contributed by atoms with E-state index in [0.717, 1.165) is 35.6 Å². The predicted octanol–water partition coefficient (Wildman–Crippen LogP) is 6.24. The minimum Gasteiger partial charge on any atom is -0.497 e. The number of hydrogen-bond acceptors (Lipinski definition) is 5. The normalized spacial score (nSPS) is 14.0. The van der Waals surface area contributed by atoms with E-state index in [1.54, 1.807) is 60.7 Å². The number of hydrogen-bond donors (Lipinski definition) is 1. The molecule has 0 heterocycles. The van der Waals surface area contributed by atoms with Gasteiger partial charge in [-0.1, -0.05) is 97.2 Å². The van der Waals surface area contributed by atoms with Crippen LogP contribution < -0.4 is 14.4 Å². The standard InChI is InChI=1S/C36H38ClN3O5S/c1-45-31-19-12-18-30(24-31)40(46(43,44)32-20-6-3-7-21-32)26-35(41)39(25-28-15-8-11-22-33(28)37)34(23-27-13-4-2-5-14-27)36(42)38-29-16-9-10-17-29/h2-8,11-15,18-22,24,29,34H,9-10,16-17,23,25-26H2,1H3,(H,38,42)/t34-/m1/s1. The minimum atomic E-state index is -4.21. The van der Waals surface area contributed by atoms with Gasteiger partial charge in [-0.3, -0.25) is 13.9 Å². The van der Waals surface area contributed by atoms with Crippen molar-refractivity contribution in [3.05, 3.63) is 125 Å². The molecule has 5 rings (SSSR count). The highest BCUT2D eigenvalue weighted by molar-refractivity contribution is 7.92. The summed E-state index contributed by atoms with van der Waals surface area (Å²) in [5.41, 5.74) is 1.76. The first kappa shape index (κ1) is 33.0. The number of benzene rings is 4. The van der Waals surface area contributed by atoms with Gasteiger partial charge in [0.15, 0.2) is 0 Å². The topological polar surface area (TPSA) is 96.0 Å².